The molecule has 6 nitrogen and oxygen atoms in total. The minimum absolute atomic E-state index is 0.138. The van der Waals surface area contributed by atoms with E-state index >= 15 is 0 Å². The summed E-state index contributed by atoms with van der Waals surface area (Å²) < 4.78 is 5.87. The quantitative estimate of drug-likeness (QED) is 0.260. The van der Waals surface area contributed by atoms with Gasteiger partial charge in [-0.25, -0.2) is 0 Å². The van der Waals surface area contributed by atoms with Gasteiger partial charge in [-0.2, -0.15) is 0 Å². The first kappa shape index (κ1) is 27.5. The zero-order valence-corrected chi connectivity index (χ0v) is 22.5. The molecule has 1 atom stereocenters. The van der Waals surface area contributed by atoms with Crippen LogP contribution in [0.15, 0.2) is 48.0 Å². The van der Waals surface area contributed by atoms with Crippen molar-refractivity contribution in [3.63, 3.8) is 0 Å². The molecular formula is C30H40N2O4. The SMILES string of the molecule is CCc1ccc(C2/C(=C(/O)c3ccc(OCC(C)C)c(C)c3)C(=O)C(=O)N2CCN(CC)CC)cc1. The van der Waals surface area contributed by atoms with Crippen molar-refractivity contribution < 1.29 is 19.4 Å². The second-order valence-corrected chi connectivity index (χ2v) is 9.80. The Morgan fingerprint density at radius 1 is 1.06 bits per heavy atom. The van der Waals surface area contributed by atoms with Crippen LogP contribution in [-0.2, 0) is 16.0 Å². The van der Waals surface area contributed by atoms with Crippen molar-refractivity contribution in [3.8, 4) is 5.75 Å². The topological polar surface area (TPSA) is 70.1 Å². The zero-order chi connectivity index (χ0) is 26.4. The molecule has 36 heavy (non-hydrogen) atoms. The molecule has 6 heteroatoms. The number of carbonyl (C=O) groups is 2. The highest BCUT2D eigenvalue weighted by Gasteiger charge is 2.46. The Bertz CT molecular complexity index is 1100. The first-order chi connectivity index (χ1) is 17.2. The molecule has 2 aromatic carbocycles. The predicted octanol–water partition coefficient (Wildman–Crippen LogP) is 5.36. The monoisotopic (exact) mass is 492 g/mol. The number of amides is 1. The fourth-order valence-electron chi connectivity index (χ4n) is 4.55. The Labute approximate surface area is 215 Å². The van der Waals surface area contributed by atoms with E-state index in [0.29, 0.717) is 31.2 Å². The average Bonchev–Trinajstić information content (AvgIpc) is 3.13. The molecular weight excluding hydrogens is 452 g/mol. The number of benzene rings is 2. The van der Waals surface area contributed by atoms with Crippen LogP contribution in [0.2, 0.25) is 0 Å². The molecule has 194 valence electrons. The Morgan fingerprint density at radius 2 is 1.72 bits per heavy atom. The largest absolute Gasteiger partial charge is 0.507 e. The van der Waals surface area contributed by atoms with Gasteiger partial charge in [-0.1, -0.05) is 58.9 Å². The lowest BCUT2D eigenvalue weighted by molar-refractivity contribution is -0.140. The van der Waals surface area contributed by atoms with E-state index in [9.17, 15) is 14.7 Å². The Morgan fingerprint density at radius 3 is 2.28 bits per heavy atom. The third kappa shape index (κ3) is 5.98. The summed E-state index contributed by atoms with van der Waals surface area (Å²) in [5.41, 5.74) is 3.49. The van der Waals surface area contributed by atoms with Gasteiger partial charge >= 0.3 is 0 Å². The number of nitrogens with zero attached hydrogens (tertiary/aromatic N) is 2. The van der Waals surface area contributed by atoms with Crippen LogP contribution < -0.4 is 4.74 Å². The summed E-state index contributed by atoms with van der Waals surface area (Å²) in [4.78, 5) is 30.3. The smallest absolute Gasteiger partial charge is 0.295 e. The van der Waals surface area contributed by atoms with Crippen molar-refractivity contribution >= 4 is 17.4 Å². The molecule has 0 saturated carbocycles. The number of carbonyl (C=O) groups excluding carboxylic acids is 2. The molecule has 1 aliphatic heterocycles. The molecule has 2 aromatic rings. The van der Waals surface area contributed by atoms with E-state index in [1.54, 1.807) is 11.0 Å². The second kappa shape index (κ2) is 12.2. The van der Waals surface area contributed by atoms with Gasteiger partial charge in [-0.05, 0) is 67.2 Å². The number of rotatable bonds is 11. The molecule has 0 spiro atoms. The number of ketones is 1. The predicted molar refractivity (Wildman–Crippen MR) is 144 cm³/mol. The van der Waals surface area contributed by atoms with Crippen LogP contribution in [0.4, 0.5) is 0 Å². The van der Waals surface area contributed by atoms with Crippen LogP contribution in [0, 0.1) is 12.8 Å². The number of hydrogen-bond donors (Lipinski definition) is 1. The molecule has 3 rings (SSSR count). The molecule has 0 radical (unpaired) electrons. The molecule has 0 aliphatic carbocycles. The third-order valence-electron chi connectivity index (χ3n) is 6.82. The summed E-state index contributed by atoms with van der Waals surface area (Å²) in [6.45, 7) is 15.7. The molecule has 1 amide bonds. The number of Topliss-reactive ketones (excluding diaryl/α,β-unsaturated/α-hetero) is 1. The minimum Gasteiger partial charge on any atom is -0.507 e. The zero-order valence-electron chi connectivity index (χ0n) is 22.5. The van der Waals surface area contributed by atoms with Gasteiger partial charge in [0.1, 0.15) is 11.5 Å². The molecule has 1 heterocycles. The highest BCUT2D eigenvalue weighted by Crippen LogP contribution is 2.40. The lowest BCUT2D eigenvalue weighted by Crippen LogP contribution is -2.38. The molecule has 1 N–H and O–H groups in total. The van der Waals surface area contributed by atoms with Gasteiger partial charge in [0.25, 0.3) is 11.7 Å². The van der Waals surface area contributed by atoms with Crippen molar-refractivity contribution in [2.45, 2.75) is 54.0 Å². The number of aryl methyl sites for hydroxylation is 2. The summed E-state index contributed by atoms with van der Waals surface area (Å²) in [6.07, 6.45) is 0.896. The molecule has 1 aliphatic rings. The Kier molecular flexibility index (Phi) is 9.32. The van der Waals surface area contributed by atoms with Gasteiger partial charge in [0.2, 0.25) is 0 Å². The number of likely N-dealkylation sites (N-methyl/N-ethyl adjacent to an activating group) is 1. The molecule has 0 bridgehead atoms. The number of aliphatic hydroxyl groups is 1. The highest BCUT2D eigenvalue weighted by molar-refractivity contribution is 6.46. The summed E-state index contributed by atoms with van der Waals surface area (Å²) in [5, 5.41) is 11.4. The van der Waals surface area contributed by atoms with Crippen LogP contribution in [0.5, 0.6) is 5.75 Å². The maximum absolute atomic E-state index is 13.3. The van der Waals surface area contributed by atoms with Crippen molar-refractivity contribution in [2.75, 3.05) is 32.8 Å². The first-order valence-electron chi connectivity index (χ1n) is 13.0. The van der Waals surface area contributed by atoms with E-state index in [4.69, 9.17) is 4.74 Å². The van der Waals surface area contributed by atoms with Gasteiger partial charge in [0.15, 0.2) is 0 Å². The van der Waals surface area contributed by atoms with Gasteiger partial charge < -0.3 is 19.6 Å². The molecule has 1 unspecified atom stereocenters. The maximum Gasteiger partial charge on any atom is 0.295 e. The Balaban J connectivity index is 2.05. The van der Waals surface area contributed by atoms with Crippen LogP contribution in [0.25, 0.3) is 5.76 Å². The van der Waals surface area contributed by atoms with Crippen LogP contribution in [0.1, 0.15) is 62.9 Å². The van der Waals surface area contributed by atoms with E-state index in [1.807, 2.05) is 43.3 Å². The van der Waals surface area contributed by atoms with Gasteiger partial charge in [-0.3, -0.25) is 9.59 Å². The maximum atomic E-state index is 13.3. The van der Waals surface area contributed by atoms with E-state index in [1.165, 1.54) is 5.56 Å². The van der Waals surface area contributed by atoms with E-state index in [-0.39, 0.29) is 11.3 Å². The normalized spacial score (nSPS) is 17.4. The third-order valence-corrected chi connectivity index (χ3v) is 6.82. The van der Waals surface area contributed by atoms with Crippen LogP contribution in [-0.4, -0.2) is 59.4 Å². The van der Waals surface area contributed by atoms with Crippen LogP contribution in [0.3, 0.4) is 0 Å². The fourth-order valence-corrected chi connectivity index (χ4v) is 4.55. The molecule has 1 saturated heterocycles. The number of aliphatic hydroxyl groups excluding tert-OH is 1. The van der Waals surface area contributed by atoms with E-state index in [0.717, 1.165) is 36.4 Å². The van der Waals surface area contributed by atoms with E-state index in [2.05, 4.69) is 39.5 Å². The summed E-state index contributed by atoms with van der Waals surface area (Å²) >= 11 is 0. The van der Waals surface area contributed by atoms with Crippen molar-refractivity contribution in [1.29, 1.82) is 0 Å². The minimum atomic E-state index is -0.644. The van der Waals surface area contributed by atoms with Crippen LogP contribution >= 0.6 is 0 Å². The number of likely N-dealkylation sites (tertiary alicyclic amines) is 1. The standard InChI is InChI=1S/C30H40N2O4/c1-7-22-10-12-23(13-11-22)27-26(29(34)30(35)32(27)17-16-31(8-2)9-3)28(33)24-14-15-25(21(6)18-24)36-19-20(4)5/h10-15,18,20,27,33H,7-9,16-17,19H2,1-6H3/b28-26-. The average molecular weight is 493 g/mol. The molecule has 1 fully saturated rings. The van der Waals surface area contributed by atoms with Gasteiger partial charge in [0, 0.05) is 18.7 Å². The van der Waals surface area contributed by atoms with Crippen molar-refractivity contribution in [1.82, 2.24) is 9.80 Å². The number of ether oxygens (including phenoxy) is 1. The summed E-state index contributed by atoms with van der Waals surface area (Å²) in [6, 6.07) is 12.7. The Hall–Kier alpha value is -3.12. The summed E-state index contributed by atoms with van der Waals surface area (Å²) in [7, 11) is 0. The second-order valence-electron chi connectivity index (χ2n) is 9.80. The highest BCUT2D eigenvalue weighted by atomic mass is 16.5. The van der Waals surface area contributed by atoms with Gasteiger partial charge in [0.05, 0.1) is 18.2 Å². The number of hydrogen-bond acceptors (Lipinski definition) is 5. The van der Waals surface area contributed by atoms with Gasteiger partial charge in [-0.15, -0.1) is 0 Å². The molecule has 0 aromatic heterocycles. The first-order valence-corrected chi connectivity index (χ1v) is 13.0. The lowest BCUT2D eigenvalue weighted by atomic mass is 9.94. The lowest BCUT2D eigenvalue weighted by Gasteiger charge is -2.28. The van der Waals surface area contributed by atoms with E-state index < -0.39 is 17.7 Å². The summed E-state index contributed by atoms with van der Waals surface area (Å²) in [5.74, 6) is -0.228. The van der Waals surface area contributed by atoms with Crippen molar-refractivity contribution in [3.05, 3.63) is 70.3 Å². The van der Waals surface area contributed by atoms with Crippen molar-refractivity contribution in [2.24, 2.45) is 5.92 Å². The fraction of sp³-hybridized carbons (Fsp3) is 0.467.